The van der Waals surface area contributed by atoms with Crippen molar-refractivity contribution >= 4 is 38.4 Å². The molecule has 0 bridgehead atoms. The van der Waals surface area contributed by atoms with E-state index in [1.54, 1.807) is 18.2 Å². The number of fused-ring (bicyclic) bond motifs is 5. The van der Waals surface area contributed by atoms with Crippen molar-refractivity contribution in [2.45, 2.75) is 66.8 Å². The van der Waals surface area contributed by atoms with E-state index in [2.05, 4.69) is 87.7 Å². The predicted molar refractivity (Wildman–Crippen MR) is 180 cm³/mol. The van der Waals surface area contributed by atoms with E-state index in [4.69, 9.17) is 0 Å². The van der Waals surface area contributed by atoms with Gasteiger partial charge in [-0.15, -0.1) is 0 Å². The van der Waals surface area contributed by atoms with Crippen molar-refractivity contribution in [3.63, 3.8) is 0 Å². The molecule has 2 nitrogen and oxygen atoms in total. The summed E-state index contributed by atoms with van der Waals surface area (Å²) >= 11 is 0. The first-order valence-electron chi connectivity index (χ1n) is 15.7. The van der Waals surface area contributed by atoms with Crippen molar-refractivity contribution in [2.75, 3.05) is 0 Å². The second-order valence-corrected chi connectivity index (χ2v) is 12.2. The number of unbranched alkanes of at least 4 members (excludes halogenated alkanes) is 1. The van der Waals surface area contributed by atoms with E-state index in [9.17, 15) is 9.18 Å². The molecular weight excluding hydrogens is 529 g/mol. The Morgan fingerprint density at radius 1 is 0.791 bits per heavy atom. The smallest absolute Gasteiger partial charge is 0.195 e. The molecule has 3 heteroatoms. The van der Waals surface area contributed by atoms with Crippen LogP contribution >= 0.6 is 0 Å². The van der Waals surface area contributed by atoms with Gasteiger partial charge in [0.25, 0.3) is 0 Å². The molecule has 1 heterocycles. The fraction of sp³-hybridized carbons (Fsp3) is 0.275. The molecule has 5 aromatic carbocycles. The Morgan fingerprint density at radius 3 is 2.19 bits per heavy atom. The second-order valence-electron chi connectivity index (χ2n) is 12.2. The Kier molecular flexibility index (Phi) is 7.92. The molecular formula is C40H40FNO. The van der Waals surface area contributed by atoms with Crippen molar-refractivity contribution in [3.8, 4) is 11.1 Å². The van der Waals surface area contributed by atoms with E-state index in [1.807, 2.05) is 12.1 Å². The lowest BCUT2D eigenvalue weighted by molar-refractivity contribution is 0.103. The first kappa shape index (κ1) is 28.9. The number of aryl methyl sites for hydroxylation is 3. The molecule has 0 saturated carbocycles. The Hall–Kier alpha value is -4.24. The van der Waals surface area contributed by atoms with Gasteiger partial charge in [0.2, 0.25) is 0 Å². The maximum atomic E-state index is 14.7. The molecule has 0 radical (unpaired) electrons. The van der Waals surface area contributed by atoms with Crippen molar-refractivity contribution in [1.82, 2.24) is 4.57 Å². The van der Waals surface area contributed by atoms with E-state index in [-0.39, 0.29) is 11.3 Å². The third kappa shape index (κ3) is 5.16. The summed E-state index contributed by atoms with van der Waals surface area (Å²) in [7, 11) is 0. The molecule has 0 aliphatic rings. The highest BCUT2D eigenvalue weighted by atomic mass is 19.1. The molecule has 218 valence electrons. The Labute approximate surface area is 254 Å². The SMILES string of the molecule is CCCCC(CC)Cn1c2ccc(C(=O)c3ccccc3F)cc2c2cc(-c3c(C)cc(C)cc3C)c3ccccc3c21. The Balaban J connectivity index is 1.68. The molecule has 1 unspecified atom stereocenters. The molecule has 0 amide bonds. The molecule has 0 aliphatic carbocycles. The Bertz CT molecular complexity index is 1970. The summed E-state index contributed by atoms with van der Waals surface area (Å²) in [6.45, 7) is 12.0. The lowest BCUT2D eigenvalue weighted by atomic mass is 9.89. The maximum Gasteiger partial charge on any atom is 0.195 e. The van der Waals surface area contributed by atoms with Crippen LogP contribution in [-0.2, 0) is 6.54 Å². The van der Waals surface area contributed by atoms with E-state index in [0.29, 0.717) is 11.5 Å². The summed E-state index contributed by atoms with van der Waals surface area (Å²) in [5, 5.41) is 4.63. The molecule has 0 saturated heterocycles. The fourth-order valence-corrected chi connectivity index (χ4v) is 7.08. The van der Waals surface area contributed by atoms with Gasteiger partial charge in [0.15, 0.2) is 5.78 Å². The second kappa shape index (κ2) is 11.8. The van der Waals surface area contributed by atoms with Crippen LogP contribution < -0.4 is 0 Å². The fourth-order valence-electron chi connectivity index (χ4n) is 7.08. The van der Waals surface area contributed by atoms with Gasteiger partial charge >= 0.3 is 0 Å². The third-order valence-corrected chi connectivity index (χ3v) is 9.17. The van der Waals surface area contributed by atoms with E-state index >= 15 is 0 Å². The van der Waals surface area contributed by atoms with E-state index in [0.717, 1.165) is 29.3 Å². The van der Waals surface area contributed by atoms with E-state index in [1.165, 1.54) is 69.4 Å². The number of halogens is 1. The first-order chi connectivity index (χ1) is 20.8. The third-order valence-electron chi connectivity index (χ3n) is 9.17. The van der Waals surface area contributed by atoms with Gasteiger partial charge in [0, 0.05) is 33.8 Å². The Morgan fingerprint density at radius 2 is 1.49 bits per heavy atom. The zero-order valence-corrected chi connectivity index (χ0v) is 25.9. The highest BCUT2D eigenvalue weighted by Crippen LogP contribution is 2.42. The van der Waals surface area contributed by atoms with Crippen LogP contribution in [0.15, 0.2) is 84.9 Å². The van der Waals surface area contributed by atoms with Gasteiger partial charge in [-0.2, -0.15) is 0 Å². The molecule has 0 fully saturated rings. The number of carbonyl (C=O) groups excluding carboxylic acids is 1. The molecule has 0 aliphatic heterocycles. The number of ketones is 1. The lowest BCUT2D eigenvalue weighted by Gasteiger charge is -2.19. The summed E-state index contributed by atoms with van der Waals surface area (Å²) in [4.78, 5) is 13.6. The van der Waals surface area contributed by atoms with Gasteiger partial charge < -0.3 is 4.57 Å². The monoisotopic (exact) mass is 569 g/mol. The molecule has 1 atom stereocenters. The predicted octanol–water partition coefficient (Wildman–Crippen LogP) is 11.1. The number of hydrogen-bond acceptors (Lipinski definition) is 1. The topological polar surface area (TPSA) is 22.0 Å². The van der Waals surface area contributed by atoms with Crippen LogP contribution in [0.2, 0.25) is 0 Å². The molecule has 0 spiro atoms. The van der Waals surface area contributed by atoms with Gasteiger partial charge in [-0.1, -0.05) is 87.2 Å². The number of hydrogen-bond donors (Lipinski definition) is 0. The van der Waals surface area contributed by atoms with Gasteiger partial charge in [-0.25, -0.2) is 4.39 Å². The zero-order chi connectivity index (χ0) is 30.2. The summed E-state index contributed by atoms with van der Waals surface area (Å²) < 4.78 is 17.2. The number of benzene rings is 5. The van der Waals surface area contributed by atoms with Gasteiger partial charge in [-0.05, 0) is 97.1 Å². The summed E-state index contributed by atoms with van der Waals surface area (Å²) in [5.41, 5.74) is 9.18. The maximum absolute atomic E-state index is 14.7. The quantitative estimate of drug-likeness (QED) is 0.159. The molecule has 43 heavy (non-hydrogen) atoms. The summed E-state index contributed by atoms with van der Waals surface area (Å²) in [6.07, 6.45) is 4.71. The lowest BCUT2D eigenvalue weighted by Crippen LogP contribution is -2.10. The van der Waals surface area contributed by atoms with Gasteiger partial charge in [0.1, 0.15) is 5.82 Å². The standard InChI is InChI=1S/C40H40FNO/c1-6-8-13-28(7-2)24-42-37-19-18-29(40(43)32-16-11-12-17-36(32)41)22-33(37)35-23-34(30-14-9-10-15-31(30)39(35)42)38-26(4)20-25(3)21-27(38)5/h9-12,14-23,28H,6-8,13,24H2,1-5H3. The van der Waals surface area contributed by atoms with Crippen LogP contribution in [0.4, 0.5) is 4.39 Å². The molecule has 6 aromatic rings. The van der Waals surface area contributed by atoms with Crippen molar-refractivity contribution < 1.29 is 9.18 Å². The zero-order valence-electron chi connectivity index (χ0n) is 25.9. The summed E-state index contributed by atoms with van der Waals surface area (Å²) in [6, 6.07) is 27.8. The largest absolute Gasteiger partial charge is 0.340 e. The minimum absolute atomic E-state index is 0.105. The van der Waals surface area contributed by atoms with Crippen molar-refractivity contribution in [2.24, 2.45) is 5.92 Å². The summed E-state index contributed by atoms with van der Waals surface area (Å²) in [5.74, 6) is -0.227. The number of carbonyl (C=O) groups is 1. The van der Waals surface area contributed by atoms with Crippen LogP contribution in [0.3, 0.4) is 0 Å². The minimum Gasteiger partial charge on any atom is -0.340 e. The van der Waals surface area contributed by atoms with Crippen LogP contribution in [0.25, 0.3) is 43.7 Å². The number of aromatic nitrogens is 1. The van der Waals surface area contributed by atoms with Crippen molar-refractivity contribution in [3.05, 3.63) is 119 Å². The van der Waals surface area contributed by atoms with Crippen molar-refractivity contribution in [1.29, 1.82) is 0 Å². The van der Waals surface area contributed by atoms with Crippen LogP contribution in [0, 0.1) is 32.5 Å². The highest BCUT2D eigenvalue weighted by Gasteiger charge is 2.22. The highest BCUT2D eigenvalue weighted by molar-refractivity contribution is 6.23. The minimum atomic E-state index is -0.490. The van der Waals surface area contributed by atoms with E-state index < -0.39 is 5.82 Å². The van der Waals surface area contributed by atoms with Crippen LogP contribution in [-0.4, -0.2) is 10.4 Å². The average Bonchev–Trinajstić information content (AvgIpc) is 3.31. The average molecular weight is 570 g/mol. The van der Waals surface area contributed by atoms with Crippen LogP contribution in [0.1, 0.15) is 72.1 Å². The molecule has 1 aromatic heterocycles. The molecule has 6 rings (SSSR count). The number of rotatable bonds is 9. The van der Waals surface area contributed by atoms with Gasteiger partial charge in [0.05, 0.1) is 11.1 Å². The van der Waals surface area contributed by atoms with Gasteiger partial charge in [-0.3, -0.25) is 4.79 Å². The first-order valence-corrected chi connectivity index (χ1v) is 15.7. The molecule has 0 N–H and O–H groups in total. The van der Waals surface area contributed by atoms with Crippen LogP contribution in [0.5, 0.6) is 0 Å². The normalized spacial score (nSPS) is 12.4. The number of nitrogens with zero attached hydrogens (tertiary/aromatic N) is 1.